The molecular weight excluding hydrogens is 380 g/mol. The van der Waals surface area contributed by atoms with E-state index in [0.717, 1.165) is 40.3 Å². The van der Waals surface area contributed by atoms with Gasteiger partial charge in [0, 0.05) is 23.4 Å². The van der Waals surface area contributed by atoms with E-state index in [4.69, 9.17) is 4.42 Å². The molecule has 4 nitrogen and oxygen atoms in total. The summed E-state index contributed by atoms with van der Waals surface area (Å²) in [6, 6.07) is 25.7. The second-order valence-corrected chi connectivity index (χ2v) is 7.86. The zero-order valence-electron chi connectivity index (χ0n) is 16.0. The number of para-hydroxylation sites is 2. The smallest absolute Gasteiger partial charge is 0.227 e. The number of hydrogen-bond donors (Lipinski definition) is 1. The van der Waals surface area contributed by atoms with Crippen molar-refractivity contribution in [3.05, 3.63) is 84.4 Å². The molecule has 0 radical (unpaired) electrons. The minimum Gasteiger partial charge on any atom is -0.436 e. The summed E-state index contributed by atoms with van der Waals surface area (Å²) >= 11 is 1.86. The second-order valence-electron chi connectivity index (χ2n) is 6.75. The second kappa shape index (κ2) is 9.43. The summed E-state index contributed by atoms with van der Waals surface area (Å²) in [5.74, 6) is 2.58. The fourth-order valence-electron chi connectivity index (χ4n) is 3.01. The number of rotatable bonds is 8. The number of hydrogen-bond acceptors (Lipinski definition) is 4. The van der Waals surface area contributed by atoms with Crippen LogP contribution in [0.3, 0.4) is 0 Å². The number of anilines is 1. The third kappa shape index (κ3) is 5.27. The number of fused-ring (bicyclic) bond motifs is 1. The van der Waals surface area contributed by atoms with Crippen LogP contribution in [-0.4, -0.2) is 16.6 Å². The number of oxazole rings is 1. The van der Waals surface area contributed by atoms with Crippen LogP contribution in [0, 0.1) is 0 Å². The molecule has 5 heteroatoms. The van der Waals surface area contributed by atoms with Gasteiger partial charge in [-0.1, -0.05) is 42.5 Å². The van der Waals surface area contributed by atoms with Gasteiger partial charge >= 0.3 is 0 Å². The molecule has 0 fully saturated rings. The Kier molecular flexibility index (Phi) is 6.27. The van der Waals surface area contributed by atoms with Crippen LogP contribution in [0.25, 0.3) is 22.6 Å². The van der Waals surface area contributed by atoms with Crippen LogP contribution in [0.2, 0.25) is 0 Å². The summed E-state index contributed by atoms with van der Waals surface area (Å²) in [4.78, 5) is 16.7. The van der Waals surface area contributed by atoms with Gasteiger partial charge < -0.3 is 9.73 Å². The van der Waals surface area contributed by atoms with Crippen LogP contribution in [0.5, 0.6) is 0 Å². The third-order valence-electron chi connectivity index (χ3n) is 4.51. The molecule has 0 saturated heterocycles. The van der Waals surface area contributed by atoms with Crippen molar-refractivity contribution < 1.29 is 9.21 Å². The molecule has 146 valence electrons. The molecule has 1 heterocycles. The average molecular weight is 403 g/mol. The van der Waals surface area contributed by atoms with Gasteiger partial charge in [-0.3, -0.25) is 4.79 Å². The lowest BCUT2D eigenvalue weighted by Gasteiger charge is -2.06. The normalized spacial score (nSPS) is 10.9. The lowest BCUT2D eigenvalue weighted by molar-refractivity contribution is -0.116. The Hall–Kier alpha value is -3.05. The number of aromatic nitrogens is 1. The molecule has 1 N–H and O–H groups in total. The van der Waals surface area contributed by atoms with Crippen molar-refractivity contribution in [2.24, 2.45) is 0 Å². The highest BCUT2D eigenvalue weighted by Crippen LogP contribution is 2.25. The molecule has 4 aromatic rings. The van der Waals surface area contributed by atoms with Crippen molar-refractivity contribution in [3.8, 4) is 11.5 Å². The molecule has 0 saturated carbocycles. The molecular formula is C24H22N2O2S. The highest BCUT2D eigenvalue weighted by atomic mass is 32.2. The standard InChI is InChI=1S/C24H22N2O2S/c27-23(11-6-16-29-17-18-7-2-1-3-8-18)25-20-14-12-19(13-15-20)24-26-21-9-4-5-10-22(21)28-24/h1-5,7-10,12-15H,6,11,16-17H2,(H,25,27). The van der Waals surface area contributed by atoms with Gasteiger partial charge in [0.2, 0.25) is 11.8 Å². The van der Waals surface area contributed by atoms with E-state index in [2.05, 4.69) is 34.6 Å². The molecule has 0 spiro atoms. The Bertz CT molecular complexity index is 1040. The van der Waals surface area contributed by atoms with Gasteiger partial charge in [-0.2, -0.15) is 11.8 Å². The Morgan fingerprint density at radius 3 is 2.48 bits per heavy atom. The van der Waals surface area contributed by atoms with Gasteiger partial charge in [-0.25, -0.2) is 4.98 Å². The summed E-state index contributed by atoms with van der Waals surface area (Å²) < 4.78 is 5.78. The SMILES string of the molecule is O=C(CCCSCc1ccccc1)Nc1ccc(-c2nc3ccccc3o2)cc1. The van der Waals surface area contributed by atoms with E-state index < -0.39 is 0 Å². The van der Waals surface area contributed by atoms with Crippen LogP contribution < -0.4 is 5.32 Å². The summed E-state index contributed by atoms with van der Waals surface area (Å²) in [6.07, 6.45) is 1.39. The van der Waals surface area contributed by atoms with Gasteiger partial charge in [0.05, 0.1) is 0 Å². The molecule has 3 aromatic carbocycles. The van der Waals surface area contributed by atoms with Crippen molar-refractivity contribution in [1.29, 1.82) is 0 Å². The van der Waals surface area contributed by atoms with Gasteiger partial charge in [0.25, 0.3) is 0 Å². The fraction of sp³-hybridized carbons (Fsp3) is 0.167. The van der Waals surface area contributed by atoms with Crippen molar-refractivity contribution in [2.45, 2.75) is 18.6 Å². The van der Waals surface area contributed by atoms with E-state index in [1.807, 2.05) is 66.4 Å². The highest BCUT2D eigenvalue weighted by Gasteiger charge is 2.08. The lowest BCUT2D eigenvalue weighted by Crippen LogP contribution is -2.11. The molecule has 29 heavy (non-hydrogen) atoms. The van der Waals surface area contributed by atoms with Crippen molar-refractivity contribution in [2.75, 3.05) is 11.1 Å². The summed E-state index contributed by atoms with van der Waals surface area (Å²) in [7, 11) is 0. The molecule has 0 aliphatic carbocycles. The van der Waals surface area contributed by atoms with E-state index in [9.17, 15) is 4.79 Å². The van der Waals surface area contributed by atoms with Crippen molar-refractivity contribution in [3.63, 3.8) is 0 Å². The van der Waals surface area contributed by atoms with E-state index >= 15 is 0 Å². The molecule has 4 rings (SSSR count). The third-order valence-corrected chi connectivity index (χ3v) is 5.63. The Balaban J connectivity index is 1.23. The summed E-state index contributed by atoms with van der Waals surface area (Å²) in [6.45, 7) is 0. The van der Waals surface area contributed by atoms with Crippen LogP contribution in [0.1, 0.15) is 18.4 Å². The Labute approximate surface area is 174 Å². The van der Waals surface area contributed by atoms with Crippen LogP contribution in [0.4, 0.5) is 5.69 Å². The van der Waals surface area contributed by atoms with Crippen LogP contribution in [-0.2, 0) is 10.5 Å². The zero-order chi connectivity index (χ0) is 19.9. The highest BCUT2D eigenvalue weighted by molar-refractivity contribution is 7.98. The zero-order valence-corrected chi connectivity index (χ0v) is 16.8. The maximum Gasteiger partial charge on any atom is 0.227 e. The first kappa shape index (κ1) is 19.3. The van der Waals surface area contributed by atoms with Crippen molar-refractivity contribution >= 4 is 34.5 Å². The number of nitrogens with zero attached hydrogens (tertiary/aromatic N) is 1. The van der Waals surface area contributed by atoms with Crippen LogP contribution in [0.15, 0.2) is 83.3 Å². The van der Waals surface area contributed by atoms with E-state index in [0.29, 0.717) is 12.3 Å². The van der Waals surface area contributed by atoms with E-state index in [-0.39, 0.29) is 5.91 Å². The maximum atomic E-state index is 12.2. The predicted molar refractivity (Wildman–Crippen MR) is 120 cm³/mol. The quantitative estimate of drug-likeness (QED) is 0.359. The first-order valence-corrected chi connectivity index (χ1v) is 10.8. The number of carbonyl (C=O) groups is 1. The number of nitrogens with one attached hydrogen (secondary N) is 1. The number of benzene rings is 3. The van der Waals surface area contributed by atoms with Gasteiger partial charge in [-0.15, -0.1) is 0 Å². The van der Waals surface area contributed by atoms with E-state index in [1.165, 1.54) is 5.56 Å². The molecule has 0 unspecified atom stereocenters. The summed E-state index contributed by atoms with van der Waals surface area (Å²) in [5, 5.41) is 2.96. The van der Waals surface area contributed by atoms with Gasteiger partial charge in [-0.05, 0) is 54.1 Å². The van der Waals surface area contributed by atoms with Crippen LogP contribution >= 0.6 is 11.8 Å². The first-order valence-electron chi connectivity index (χ1n) is 9.65. The topological polar surface area (TPSA) is 55.1 Å². The minimum absolute atomic E-state index is 0.0416. The number of thioether (sulfide) groups is 1. The summed E-state index contributed by atoms with van der Waals surface area (Å²) in [5.41, 5.74) is 4.60. The fourth-order valence-corrected chi connectivity index (χ4v) is 3.94. The first-order chi connectivity index (χ1) is 14.3. The lowest BCUT2D eigenvalue weighted by atomic mass is 10.2. The molecule has 0 aliphatic rings. The van der Waals surface area contributed by atoms with E-state index in [1.54, 1.807) is 0 Å². The Morgan fingerprint density at radius 1 is 0.931 bits per heavy atom. The Morgan fingerprint density at radius 2 is 1.69 bits per heavy atom. The minimum atomic E-state index is 0.0416. The largest absolute Gasteiger partial charge is 0.436 e. The molecule has 0 aliphatic heterocycles. The van der Waals surface area contributed by atoms with Gasteiger partial charge in [0.1, 0.15) is 5.52 Å². The average Bonchev–Trinajstić information content (AvgIpc) is 3.19. The number of carbonyl (C=O) groups excluding carboxylic acids is 1. The maximum absolute atomic E-state index is 12.2. The predicted octanol–water partition coefficient (Wildman–Crippen LogP) is 6.15. The molecule has 0 bridgehead atoms. The van der Waals surface area contributed by atoms with Crippen molar-refractivity contribution in [1.82, 2.24) is 4.98 Å². The van der Waals surface area contributed by atoms with Gasteiger partial charge in [0.15, 0.2) is 5.58 Å². The monoisotopic (exact) mass is 402 g/mol. The molecule has 1 aromatic heterocycles. The number of amides is 1. The molecule has 1 amide bonds. The molecule has 0 atom stereocenters.